The van der Waals surface area contributed by atoms with Crippen molar-refractivity contribution in [3.63, 3.8) is 0 Å². The molecule has 0 radical (unpaired) electrons. The topological polar surface area (TPSA) is 65.4 Å². The lowest BCUT2D eigenvalue weighted by atomic mass is 10.1. The zero-order valence-corrected chi connectivity index (χ0v) is 16.8. The summed E-state index contributed by atoms with van der Waals surface area (Å²) in [7, 11) is 1.65. The minimum Gasteiger partial charge on any atom is -0.493 e. The number of methoxy groups -OCH3 is 1. The van der Waals surface area contributed by atoms with Crippen LogP contribution in [0.1, 0.15) is 17.8 Å². The van der Waals surface area contributed by atoms with Crippen molar-refractivity contribution in [2.24, 2.45) is 0 Å². The smallest absolute Gasteiger partial charge is 0.207 e. The van der Waals surface area contributed by atoms with Crippen molar-refractivity contribution in [3.05, 3.63) is 66.5 Å². The van der Waals surface area contributed by atoms with Gasteiger partial charge in [-0.2, -0.15) is 0 Å². The van der Waals surface area contributed by atoms with Gasteiger partial charge in [-0.1, -0.05) is 24.3 Å². The maximum Gasteiger partial charge on any atom is 0.207 e. The molecule has 0 saturated carbocycles. The molecule has 1 aromatic heterocycles. The first-order valence-corrected chi connectivity index (χ1v) is 9.78. The number of fused-ring (bicyclic) bond motifs is 1. The second-order valence-electron chi connectivity index (χ2n) is 6.67. The lowest BCUT2D eigenvalue weighted by molar-refractivity contribution is -0.109. The SMILES string of the molecule is C=CCc1ccc(OCCn2c(CCCNC=O)nc3ccccc32)c(OC)c1. The molecular formula is C23H27N3O3. The summed E-state index contributed by atoms with van der Waals surface area (Å²) in [6.45, 7) is 5.58. The summed E-state index contributed by atoms with van der Waals surface area (Å²) in [6, 6.07) is 14.0. The molecule has 6 nitrogen and oxygen atoms in total. The van der Waals surface area contributed by atoms with E-state index in [2.05, 4.69) is 22.5 Å². The number of para-hydroxylation sites is 2. The summed E-state index contributed by atoms with van der Waals surface area (Å²) in [5.41, 5.74) is 3.19. The zero-order chi connectivity index (χ0) is 20.5. The van der Waals surface area contributed by atoms with Gasteiger partial charge in [0, 0.05) is 13.0 Å². The lowest BCUT2D eigenvalue weighted by Gasteiger charge is -2.14. The fraction of sp³-hybridized carbons (Fsp3) is 0.304. The molecule has 0 fully saturated rings. The van der Waals surface area contributed by atoms with Crippen LogP contribution in [0, 0.1) is 0 Å². The van der Waals surface area contributed by atoms with Crippen LogP contribution in [0.15, 0.2) is 55.1 Å². The average Bonchev–Trinajstić information content (AvgIpc) is 3.10. The van der Waals surface area contributed by atoms with Gasteiger partial charge >= 0.3 is 0 Å². The van der Waals surface area contributed by atoms with E-state index in [4.69, 9.17) is 14.5 Å². The third-order valence-electron chi connectivity index (χ3n) is 4.72. The normalized spacial score (nSPS) is 10.7. The number of carbonyl (C=O) groups is 1. The molecule has 3 rings (SSSR count). The highest BCUT2D eigenvalue weighted by molar-refractivity contribution is 5.75. The highest BCUT2D eigenvalue weighted by Gasteiger charge is 2.11. The standard InChI is InChI=1S/C23H27N3O3/c1-3-7-18-11-12-21(22(16-18)28-2)29-15-14-26-20-9-5-4-8-19(20)25-23(26)10-6-13-24-17-27/h3-5,8-9,11-12,16-17H,1,6-7,10,13-15H2,2H3,(H,24,27). The Morgan fingerprint density at radius 3 is 2.86 bits per heavy atom. The maximum atomic E-state index is 10.4. The van der Waals surface area contributed by atoms with E-state index in [1.54, 1.807) is 7.11 Å². The Balaban J connectivity index is 1.71. The Bertz CT molecular complexity index is 965. The molecule has 1 heterocycles. The summed E-state index contributed by atoms with van der Waals surface area (Å²) in [4.78, 5) is 15.2. The number of nitrogens with one attached hydrogen (secondary N) is 1. The van der Waals surface area contributed by atoms with Gasteiger partial charge in [-0.3, -0.25) is 4.79 Å². The van der Waals surface area contributed by atoms with Crippen molar-refractivity contribution in [3.8, 4) is 11.5 Å². The van der Waals surface area contributed by atoms with E-state index in [-0.39, 0.29) is 0 Å². The molecule has 6 heteroatoms. The van der Waals surface area contributed by atoms with E-state index < -0.39 is 0 Å². The summed E-state index contributed by atoms with van der Waals surface area (Å²) >= 11 is 0. The number of ether oxygens (including phenoxy) is 2. The number of imidazole rings is 1. The van der Waals surface area contributed by atoms with Gasteiger partial charge in [-0.15, -0.1) is 6.58 Å². The van der Waals surface area contributed by atoms with Crippen molar-refractivity contribution in [1.82, 2.24) is 14.9 Å². The number of hydrogen-bond acceptors (Lipinski definition) is 4. The molecular weight excluding hydrogens is 366 g/mol. The summed E-state index contributed by atoms with van der Waals surface area (Å²) in [5.74, 6) is 2.44. The molecule has 0 aliphatic carbocycles. The van der Waals surface area contributed by atoms with Crippen LogP contribution in [0.2, 0.25) is 0 Å². The van der Waals surface area contributed by atoms with Crippen LogP contribution >= 0.6 is 0 Å². The summed E-state index contributed by atoms with van der Waals surface area (Å²) in [6.07, 6.45) is 5.01. The van der Waals surface area contributed by atoms with E-state index in [1.807, 2.05) is 42.5 Å². The maximum absolute atomic E-state index is 10.4. The number of aryl methyl sites for hydroxylation is 1. The monoisotopic (exact) mass is 393 g/mol. The van der Waals surface area contributed by atoms with Gasteiger partial charge in [0.05, 0.1) is 24.7 Å². The minimum absolute atomic E-state index is 0.497. The molecule has 0 bridgehead atoms. The van der Waals surface area contributed by atoms with Gasteiger partial charge in [0.2, 0.25) is 6.41 Å². The predicted octanol–water partition coefficient (Wildman–Crippen LogP) is 3.53. The Hall–Kier alpha value is -3.28. The molecule has 0 spiro atoms. The summed E-state index contributed by atoms with van der Waals surface area (Å²) in [5, 5.41) is 2.70. The fourth-order valence-electron chi connectivity index (χ4n) is 3.35. The Kier molecular flexibility index (Phi) is 7.28. The molecule has 0 unspecified atom stereocenters. The molecule has 0 saturated heterocycles. The van der Waals surface area contributed by atoms with E-state index in [0.717, 1.165) is 59.6 Å². The summed E-state index contributed by atoms with van der Waals surface area (Å²) < 4.78 is 13.7. The number of aromatic nitrogens is 2. The molecule has 29 heavy (non-hydrogen) atoms. The molecule has 152 valence electrons. The number of carbonyl (C=O) groups excluding carboxylic acids is 1. The molecule has 0 aliphatic heterocycles. The van der Waals surface area contributed by atoms with E-state index >= 15 is 0 Å². The number of benzene rings is 2. The molecule has 0 aliphatic rings. The zero-order valence-electron chi connectivity index (χ0n) is 16.8. The van der Waals surface area contributed by atoms with Crippen molar-refractivity contribution in [1.29, 1.82) is 0 Å². The van der Waals surface area contributed by atoms with Crippen LogP contribution < -0.4 is 14.8 Å². The highest BCUT2D eigenvalue weighted by atomic mass is 16.5. The van der Waals surface area contributed by atoms with Crippen molar-refractivity contribution < 1.29 is 14.3 Å². The van der Waals surface area contributed by atoms with Crippen molar-refractivity contribution >= 4 is 17.4 Å². The lowest BCUT2D eigenvalue weighted by Crippen LogP contribution is -2.15. The van der Waals surface area contributed by atoms with Crippen LogP contribution in [-0.4, -0.2) is 36.2 Å². The van der Waals surface area contributed by atoms with Gasteiger partial charge in [-0.05, 0) is 42.7 Å². The third-order valence-corrected chi connectivity index (χ3v) is 4.72. The number of hydrogen-bond donors (Lipinski definition) is 1. The molecule has 3 aromatic rings. The van der Waals surface area contributed by atoms with Crippen LogP contribution in [0.3, 0.4) is 0 Å². The molecule has 1 N–H and O–H groups in total. The average molecular weight is 393 g/mol. The van der Waals surface area contributed by atoms with E-state index in [9.17, 15) is 4.79 Å². The predicted molar refractivity (Wildman–Crippen MR) is 115 cm³/mol. The first-order chi connectivity index (χ1) is 14.3. The highest BCUT2D eigenvalue weighted by Crippen LogP contribution is 2.28. The van der Waals surface area contributed by atoms with Gasteiger partial charge in [0.25, 0.3) is 0 Å². The number of allylic oxidation sites excluding steroid dienone is 1. The largest absolute Gasteiger partial charge is 0.493 e. The van der Waals surface area contributed by atoms with Crippen molar-refractivity contribution in [2.75, 3.05) is 20.3 Å². The molecule has 2 aromatic carbocycles. The van der Waals surface area contributed by atoms with Crippen LogP contribution in [0.4, 0.5) is 0 Å². The first kappa shape index (κ1) is 20.5. The fourth-order valence-corrected chi connectivity index (χ4v) is 3.35. The quantitative estimate of drug-likeness (QED) is 0.290. The Morgan fingerprint density at radius 2 is 2.07 bits per heavy atom. The van der Waals surface area contributed by atoms with E-state index in [1.165, 1.54) is 0 Å². The van der Waals surface area contributed by atoms with Crippen LogP contribution in [-0.2, 0) is 24.2 Å². The third kappa shape index (κ3) is 5.16. The van der Waals surface area contributed by atoms with Gasteiger partial charge in [0.15, 0.2) is 11.5 Å². The number of amides is 1. The molecule has 0 atom stereocenters. The second-order valence-corrected chi connectivity index (χ2v) is 6.67. The van der Waals surface area contributed by atoms with Gasteiger partial charge in [-0.25, -0.2) is 4.98 Å². The Labute approximate surface area is 171 Å². The van der Waals surface area contributed by atoms with Crippen LogP contribution in [0.5, 0.6) is 11.5 Å². The number of rotatable bonds is 12. The Morgan fingerprint density at radius 1 is 1.21 bits per heavy atom. The van der Waals surface area contributed by atoms with Crippen molar-refractivity contribution in [2.45, 2.75) is 25.8 Å². The number of nitrogens with zero attached hydrogens (tertiary/aromatic N) is 2. The second kappa shape index (κ2) is 10.3. The minimum atomic E-state index is 0.497. The van der Waals surface area contributed by atoms with Gasteiger partial charge in [0.1, 0.15) is 12.4 Å². The van der Waals surface area contributed by atoms with Gasteiger partial charge < -0.3 is 19.4 Å². The molecule has 1 amide bonds. The first-order valence-electron chi connectivity index (χ1n) is 9.78. The van der Waals surface area contributed by atoms with E-state index in [0.29, 0.717) is 19.7 Å². The van der Waals surface area contributed by atoms with Crippen LogP contribution in [0.25, 0.3) is 11.0 Å².